The van der Waals surface area contributed by atoms with Gasteiger partial charge in [-0.15, -0.1) is 5.10 Å². The molecule has 2 aromatic heterocycles. The first-order chi connectivity index (χ1) is 17.7. The van der Waals surface area contributed by atoms with Crippen LogP contribution >= 0.6 is 0 Å². The molecular weight excluding hydrogens is 462 g/mol. The number of aromatic nitrogens is 4. The number of carbonyl (C=O) groups is 1. The lowest BCUT2D eigenvalue weighted by Crippen LogP contribution is -2.28. The Morgan fingerprint density at radius 1 is 1.14 bits per heavy atom. The molecule has 0 aliphatic heterocycles. The van der Waals surface area contributed by atoms with Gasteiger partial charge < -0.3 is 9.88 Å². The highest BCUT2D eigenvalue weighted by Gasteiger charge is 2.32. The summed E-state index contributed by atoms with van der Waals surface area (Å²) in [6.45, 7) is 14.3. The van der Waals surface area contributed by atoms with E-state index in [0.717, 1.165) is 35.5 Å². The molecule has 1 amide bonds. The van der Waals surface area contributed by atoms with Crippen LogP contribution in [0.25, 0.3) is 23.0 Å². The highest BCUT2D eigenvalue weighted by atomic mass is 16.2. The molecule has 0 unspecified atom stereocenters. The maximum absolute atomic E-state index is 13.3. The second-order valence-corrected chi connectivity index (χ2v) is 11.2. The van der Waals surface area contributed by atoms with Crippen LogP contribution < -0.4 is 5.56 Å². The Kier molecular flexibility index (Phi) is 8.00. The van der Waals surface area contributed by atoms with E-state index in [-0.39, 0.29) is 11.5 Å². The second-order valence-electron chi connectivity index (χ2n) is 11.2. The largest absolute Gasteiger partial charge is 0.340 e. The lowest BCUT2D eigenvalue weighted by molar-refractivity contribution is -0.125. The molecule has 1 aliphatic rings. The number of fused-ring (bicyclic) bond motifs is 1. The highest BCUT2D eigenvalue weighted by Crippen LogP contribution is 2.43. The molecule has 7 heteroatoms. The van der Waals surface area contributed by atoms with Crippen LogP contribution in [-0.2, 0) is 11.2 Å². The molecule has 0 atom stereocenters. The summed E-state index contributed by atoms with van der Waals surface area (Å²) in [6.07, 6.45) is 8.56. The van der Waals surface area contributed by atoms with Crippen LogP contribution in [0.15, 0.2) is 35.1 Å². The Bertz CT molecular complexity index is 1330. The molecular formula is C30H41N5O2. The van der Waals surface area contributed by atoms with E-state index in [4.69, 9.17) is 10.1 Å². The van der Waals surface area contributed by atoms with E-state index in [1.54, 1.807) is 11.0 Å². The monoisotopic (exact) mass is 503 g/mol. The van der Waals surface area contributed by atoms with Gasteiger partial charge in [0.25, 0.3) is 5.56 Å². The van der Waals surface area contributed by atoms with Crippen LogP contribution in [-0.4, -0.2) is 43.5 Å². The van der Waals surface area contributed by atoms with Gasteiger partial charge in [-0.25, -0.2) is 9.50 Å². The quantitative estimate of drug-likeness (QED) is 0.410. The summed E-state index contributed by atoms with van der Waals surface area (Å²) in [5.74, 6) is 2.41. The average molecular weight is 504 g/mol. The molecule has 7 nitrogen and oxygen atoms in total. The number of aryl methyl sites for hydroxylation is 1. The number of likely N-dealkylation sites (N-methyl/N-ethyl adjacent to an activating group) is 1. The summed E-state index contributed by atoms with van der Waals surface area (Å²) in [4.78, 5) is 35.3. The Morgan fingerprint density at radius 3 is 2.46 bits per heavy atom. The maximum atomic E-state index is 13.3. The molecule has 198 valence electrons. The third-order valence-corrected chi connectivity index (χ3v) is 7.90. The van der Waals surface area contributed by atoms with E-state index in [0.29, 0.717) is 48.1 Å². The number of hydrogen-bond donors (Lipinski definition) is 1. The van der Waals surface area contributed by atoms with Crippen LogP contribution in [0.3, 0.4) is 0 Å². The molecule has 1 saturated carbocycles. The maximum Gasteiger partial charge on any atom is 0.277 e. The number of benzene rings is 1. The zero-order valence-electron chi connectivity index (χ0n) is 23.2. The molecule has 1 N–H and O–H groups in total. The zero-order valence-corrected chi connectivity index (χ0v) is 23.2. The molecule has 0 bridgehead atoms. The molecule has 0 saturated heterocycles. The molecule has 0 radical (unpaired) electrons. The van der Waals surface area contributed by atoms with Crippen LogP contribution in [0.2, 0.25) is 0 Å². The minimum Gasteiger partial charge on any atom is -0.340 e. The summed E-state index contributed by atoms with van der Waals surface area (Å²) in [7, 11) is 0. The van der Waals surface area contributed by atoms with Crippen LogP contribution in [0, 0.1) is 11.3 Å². The van der Waals surface area contributed by atoms with Crippen molar-refractivity contribution in [3.05, 3.63) is 57.8 Å². The van der Waals surface area contributed by atoms with Gasteiger partial charge in [-0.2, -0.15) is 0 Å². The zero-order chi connectivity index (χ0) is 26.7. The fraction of sp³-hybridized carbons (Fsp3) is 0.533. The van der Waals surface area contributed by atoms with Gasteiger partial charge in [0.2, 0.25) is 5.91 Å². The van der Waals surface area contributed by atoms with Crippen molar-refractivity contribution in [1.82, 2.24) is 24.5 Å². The molecule has 2 heterocycles. The number of H-pyrrole nitrogens is 1. The first-order valence-corrected chi connectivity index (χ1v) is 13.7. The Hall–Kier alpha value is -3.22. The fourth-order valence-corrected chi connectivity index (χ4v) is 5.55. The van der Waals surface area contributed by atoms with E-state index in [2.05, 4.69) is 25.8 Å². The van der Waals surface area contributed by atoms with Crippen LogP contribution in [0.5, 0.6) is 0 Å². The number of imidazole rings is 1. The highest BCUT2D eigenvalue weighted by molar-refractivity contribution is 5.91. The van der Waals surface area contributed by atoms with E-state index in [1.807, 2.05) is 55.6 Å². The van der Waals surface area contributed by atoms with Gasteiger partial charge in [-0.3, -0.25) is 9.59 Å². The molecule has 3 aromatic rings. The van der Waals surface area contributed by atoms with Gasteiger partial charge in [-0.05, 0) is 75.0 Å². The van der Waals surface area contributed by atoms with Crippen LogP contribution in [0.1, 0.15) is 90.2 Å². The number of aromatic amines is 1. The molecule has 0 spiro atoms. The minimum absolute atomic E-state index is 0.0142. The predicted molar refractivity (Wildman–Crippen MR) is 150 cm³/mol. The van der Waals surface area contributed by atoms with Gasteiger partial charge in [0.05, 0.1) is 5.69 Å². The van der Waals surface area contributed by atoms with Gasteiger partial charge in [0.1, 0.15) is 5.82 Å². The van der Waals surface area contributed by atoms with Crippen molar-refractivity contribution < 1.29 is 4.79 Å². The van der Waals surface area contributed by atoms with Crippen molar-refractivity contribution in [2.24, 2.45) is 11.3 Å². The van der Waals surface area contributed by atoms with Gasteiger partial charge in [-0.1, -0.05) is 45.9 Å². The standard InChI is InChI=1S/C30H41N5O2/c1-7-24-26-29(37)32-27(22-12-10-11-20(19-22)13-18-25(36)34(8-2)9-3)33-35(26)28(31-24)21-14-16-23(17-15-21)30(4,5)6/h10-13,18-19,21,23H,7-9,14-17H2,1-6H3,(H,32,33,37)/b18-13+/t21-,23+. The first-order valence-electron chi connectivity index (χ1n) is 13.7. The minimum atomic E-state index is -0.165. The molecule has 1 aromatic carbocycles. The molecule has 4 rings (SSSR count). The summed E-state index contributed by atoms with van der Waals surface area (Å²) >= 11 is 0. The van der Waals surface area contributed by atoms with Gasteiger partial charge >= 0.3 is 0 Å². The molecule has 1 aliphatic carbocycles. The van der Waals surface area contributed by atoms with E-state index >= 15 is 0 Å². The van der Waals surface area contributed by atoms with Crippen molar-refractivity contribution >= 4 is 17.5 Å². The Labute approximate surface area is 220 Å². The first kappa shape index (κ1) is 26.8. The van der Waals surface area contributed by atoms with Crippen molar-refractivity contribution in [3.8, 4) is 11.4 Å². The van der Waals surface area contributed by atoms with Gasteiger partial charge in [0, 0.05) is 30.6 Å². The fourth-order valence-electron chi connectivity index (χ4n) is 5.55. The van der Waals surface area contributed by atoms with Crippen molar-refractivity contribution in [1.29, 1.82) is 0 Å². The summed E-state index contributed by atoms with van der Waals surface area (Å²) in [5.41, 5.74) is 3.18. The third-order valence-electron chi connectivity index (χ3n) is 7.90. The number of hydrogen-bond acceptors (Lipinski definition) is 4. The second kappa shape index (κ2) is 11.0. The summed E-state index contributed by atoms with van der Waals surface area (Å²) < 4.78 is 1.81. The number of nitrogens with zero attached hydrogens (tertiary/aromatic N) is 4. The number of amides is 1. The van der Waals surface area contributed by atoms with Gasteiger partial charge in [0.15, 0.2) is 11.3 Å². The van der Waals surface area contributed by atoms with E-state index in [1.165, 1.54) is 12.8 Å². The normalized spacial score (nSPS) is 18.5. The Balaban J connectivity index is 1.68. The van der Waals surface area contributed by atoms with E-state index < -0.39 is 0 Å². The summed E-state index contributed by atoms with van der Waals surface area (Å²) in [5, 5.41) is 4.91. The predicted octanol–water partition coefficient (Wildman–Crippen LogP) is 5.85. The van der Waals surface area contributed by atoms with Crippen molar-refractivity contribution in [2.75, 3.05) is 13.1 Å². The SMILES string of the molecule is CCc1nc([C@H]2CC[C@@H](C(C)(C)C)CC2)n2nc(-c3cccc(/C=C/C(=O)N(CC)CC)c3)[nH]c(=O)c12. The topological polar surface area (TPSA) is 83.4 Å². The summed E-state index contributed by atoms with van der Waals surface area (Å²) in [6, 6.07) is 7.74. The lowest BCUT2D eigenvalue weighted by Gasteiger charge is -2.36. The number of rotatable bonds is 7. The molecule has 37 heavy (non-hydrogen) atoms. The number of carbonyl (C=O) groups excluding carboxylic acids is 1. The van der Waals surface area contributed by atoms with Crippen molar-refractivity contribution in [3.63, 3.8) is 0 Å². The Morgan fingerprint density at radius 2 is 1.84 bits per heavy atom. The van der Waals surface area contributed by atoms with Crippen molar-refractivity contribution in [2.45, 2.75) is 79.6 Å². The third kappa shape index (κ3) is 5.71. The number of nitrogens with one attached hydrogen (secondary N) is 1. The molecule has 1 fully saturated rings. The smallest absolute Gasteiger partial charge is 0.277 e. The van der Waals surface area contributed by atoms with Crippen LogP contribution in [0.4, 0.5) is 0 Å². The average Bonchev–Trinajstić information content (AvgIpc) is 3.27. The van der Waals surface area contributed by atoms with E-state index in [9.17, 15) is 9.59 Å². The lowest BCUT2D eigenvalue weighted by atomic mass is 9.70.